The summed E-state index contributed by atoms with van der Waals surface area (Å²) < 4.78 is 0. The Labute approximate surface area is 89.3 Å². The summed E-state index contributed by atoms with van der Waals surface area (Å²) >= 11 is 0. The van der Waals surface area contributed by atoms with Crippen LogP contribution in [0.1, 0.15) is 26.3 Å². The number of rotatable bonds is 0. The molecular formula is C13H15NO. The average molecular weight is 201 g/mol. The van der Waals surface area contributed by atoms with Crippen molar-refractivity contribution in [1.82, 2.24) is 0 Å². The van der Waals surface area contributed by atoms with Crippen LogP contribution < -0.4 is 10.6 Å². The Morgan fingerprint density at radius 3 is 2.53 bits per heavy atom. The molecule has 0 unspecified atom stereocenters. The standard InChI is InChI=1S/C13H15NO/c1-8-6-5-7-10-11(8)9(2)12(15)13(3,4)14-10/h5-7H,1-4H3. The lowest BCUT2D eigenvalue weighted by atomic mass is 9.89. The minimum Gasteiger partial charge on any atom is -0.292 e. The molecule has 78 valence electrons. The molecule has 15 heavy (non-hydrogen) atoms. The summed E-state index contributed by atoms with van der Waals surface area (Å²) in [7, 11) is 0. The predicted molar refractivity (Wildman–Crippen MR) is 60.1 cm³/mol. The number of Topliss-reactive ketones (excluding diaryl/α,β-unsaturated/α-hetero) is 1. The molecule has 1 heterocycles. The van der Waals surface area contributed by atoms with Gasteiger partial charge in [0.15, 0.2) is 5.78 Å². The van der Waals surface area contributed by atoms with Crippen molar-refractivity contribution in [2.75, 3.05) is 0 Å². The summed E-state index contributed by atoms with van der Waals surface area (Å²) in [6.07, 6.45) is 0. The van der Waals surface area contributed by atoms with Crippen LogP contribution in [0.3, 0.4) is 0 Å². The molecule has 0 N–H and O–H groups in total. The number of ketones is 1. The molecule has 0 saturated carbocycles. The lowest BCUT2D eigenvalue weighted by molar-refractivity contribution is -0.117. The zero-order valence-corrected chi connectivity index (χ0v) is 9.59. The number of carbonyl (C=O) groups excluding carboxylic acids is 1. The molecule has 0 aromatic heterocycles. The van der Waals surface area contributed by atoms with Crippen LogP contribution in [0.25, 0.3) is 5.57 Å². The van der Waals surface area contributed by atoms with E-state index in [-0.39, 0.29) is 5.78 Å². The van der Waals surface area contributed by atoms with E-state index in [1.54, 1.807) is 0 Å². The van der Waals surface area contributed by atoms with E-state index < -0.39 is 5.54 Å². The van der Waals surface area contributed by atoms with Gasteiger partial charge in [0, 0.05) is 10.8 Å². The number of fused-ring (bicyclic) bond motifs is 1. The van der Waals surface area contributed by atoms with E-state index in [9.17, 15) is 4.79 Å². The maximum Gasteiger partial charge on any atom is 0.186 e. The molecular weight excluding hydrogens is 186 g/mol. The van der Waals surface area contributed by atoms with Gasteiger partial charge in [-0.15, -0.1) is 0 Å². The smallest absolute Gasteiger partial charge is 0.186 e. The minimum atomic E-state index is -0.606. The molecule has 1 aliphatic heterocycles. The van der Waals surface area contributed by atoms with E-state index in [1.165, 1.54) is 0 Å². The van der Waals surface area contributed by atoms with Crippen LogP contribution in [0.4, 0.5) is 0 Å². The predicted octanol–water partition coefficient (Wildman–Crippen LogP) is 1.15. The van der Waals surface area contributed by atoms with Crippen LogP contribution in [0.5, 0.6) is 0 Å². The van der Waals surface area contributed by atoms with Gasteiger partial charge in [0.25, 0.3) is 0 Å². The Morgan fingerprint density at radius 1 is 1.20 bits per heavy atom. The SMILES string of the molecule is CC1=c2c(C)cccc2=NC(C)(C)C1=O. The van der Waals surface area contributed by atoms with Crippen molar-refractivity contribution in [3.8, 4) is 0 Å². The number of hydrogen-bond donors (Lipinski definition) is 0. The van der Waals surface area contributed by atoms with E-state index in [4.69, 9.17) is 0 Å². The van der Waals surface area contributed by atoms with Crippen LogP contribution in [-0.2, 0) is 4.79 Å². The third-order valence-electron chi connectivity index (χ3n) is 2.92. The van der Waals surface area contributed by atoms with E-state index in [0.717, 1.165) is 21.7 Å². The molecule has 2 nitrogen and oxygen atoms in total. The Kier molecular flexibility index (Phi) is 2.03. The zero-order chi connectivity index (χ0) is 11.2. The third-order valence-corrected chi connectivity index (χ3v) is 2.92. The molecule has 1 aliphatic rings. The number of benzene rings is 1. The van der Waals surface area contributed by atoms with Gasteiger partial charge in [-0.05, 0) is 39.3 Å². The zero-order valence-electron chi connectivity index (χ0n) is 9.59. The van der Waals surface area contributed by atoms with Crippen LogP contribution in [0.15, 0.2) is 23.2 Å². The van der Waals surface area contributed by atoms with Crippen LogP contribution >= 0.6 is 0 Å². The second kappa shape index (κ2) is 3.02. The van der Waals surface area contributed by atoms with Crippen LogP contribution in [0, 0.1) is 6.92 Å². The van der Waals surface area contributed by atoms with Crippen molar-refractivity contribution in [1.29, 1.82) is 0 Å². The van der Waals surface area contributed by atoms with Crippen molar-refractivity contribution in [2.45, 2.75) is 33.2 Å². The Balaban J connectivity index is 2.98. The van der Waals surface area contributed by atoms with Crippen LogP contribution in [0.2, 0.25) is 0 Å². The summed E-state index contributed by atoms with van der Waals surface area (Å²) in [5, 5.41) is 1.96. The molecule has 0 spiro atoms. The molecule has 1 aromatic rings. The molecule has 2 heteroatoms. The van der Waals surface area contributed by atoms with Gasteiger partial charge >= 0.3 is 0 Å². The fourth-order valence-corrected chi connectivity index (χ4v) is 2.16. The monoisotopic (exact) mass is 201 g/mol. The van der Waals surface area contributed by atoms with Crippen molar-refractivity contribution < 1.29 is 4.79 Å². The highest BCUT2D eigenvalue weighted by molar-refractivity contribution is 6.19. The van der Waals surface area contributed by atoms with Gasteiger partial charge in [0.2, 0.25) is 0 Å². The fraction of sp³-hybridized carbons (Fsp3) is 0.385. The summed E-state index contributed by atoms with van der Waals surface area (Å²) in [4.78, 5) is 16.5. The first-order valence-corrected chi connectivity index (χ1v) is 5.15. The maximum absolute atomic E-state index is 12.0. The third kappa shape index (κ3) is 1.41. The highest BCUT2D eigenvalue weighted by atomic mass is 16.1. The molecule has 1 aromatic carbocycles. The van der Waals surface area contributed by atoms with Crippen molar-refractivity contribution in [3.63, 3.8) is 0 Å². The summed E-state index contributed by atoms with van der Waals surface area (Å²) in [6.45, 7) is 7.64. The van der Waals surface area contributed by atoms with E-state index in [2.05, 4.69) is 4.99 Å². The first kappa shape index (κ1) is 10.1. The summed E-state index contributed by atoms with van der Waals surface area (Å²) in [6, 6.07) is 5.97. The van der Waals surface area contributed by atoms with Gasteiger partial charge in [-0.2, -0.15) is 0 Å². The number of carbonyl (C=O) groups is 1. The second-order valence-electron chi connectivity index (χ2n) is 4.59. The lowest BCUT2D eigenvalue weighted by Crippen LogP contribution is -2.45. The van der Waals surface area contributed by atoms with Gasteiger partial charge in [0.05, 0.1) is 5.36 Å². The average Bonchev–Trinajstić information content (AvgIpc) is 2.13. The van der Waals surface area contributed by atoms with Crippen molar-refractivity contribution >= 4 is 11.4 Å². The molecule has 2 rings (SSSR count). The number of nitrogens with zero attached hydrogens (tertiary/aromatic N) is 1. The highest BCUT2D eigenvalue weighted by Gasteiger charge is 2.30. The highest BCUT2D eigenvalue weighted by Crippen LogP contribution is 2.17. The van der Waals surface area contributed by atoms with Gasteiger partial charge in [0.1, 0.15) is 5.54 Å². The molecule has 0 bridgehead atoms. The fourth-order valence-electron chi connectivity index (χ4n) is 2.16. The van der Waals surface area contributed by atoms with E-state index in [1.807, 2.05) is 45.9 Å². The first-order valence-electron chi connectivity index (χ1n) is 5.15. The largest absolute Gasteiger partial charge is 0.292 e. The molecule has 0 fully saturated rings. The lowest BCUT2D eigenvalue weighted by Gasteiger charge is -2.22. The Bertz CT molecular complexity index is 552. The Hall–Kier alpha value is -1.44. The topological polar surface area (TPSA) is 29.4 Å². The molecule has 0 aliphatic carbocycles. The van der Waals surface area contributed by atoms with Gasteiger partial charge in [-0.1, -0.05) is 12.1 Å². The van der Waals surface area contributed by atoms with E-state index in [0.29, 0.717) is 0 Å². The minimum absolute atomic E-state index is 0.129. The number of hydrogen-bond acceptors (Lipinski definition) is 2. The van der Waals surface area contributed by atoms with Gasteiger partial charge in [-0.25, -0.2) is 0 Å². The quantitative estimate of drug-likeness (QED) is 0.619. The normalized spacial score (nSPS) is 18.4. The van der Waals surface area contributed by atoms with Crippen molar-refractivity contribution in [2.24, 2.45) is 4.99 Å². The van der Waals surface area contributed by atoms with Crippen LogP contribution in [-0.4, -0.2) is 11.3 Å². The van der Waals surface area contributed by atoms with Gasteiger partial charge < -0.3 is 0 Å². The summed E-state index contributed by atoms with van der Waals surface area (Å²) in [5.41, 5.74) is 1.35. The number of aryl methyl sites for hydroxylation is 1. The Morgan fingerprint density at radius 2 is 1.87 bits per heavy atom. The van der Waals surface area contributed by atoms with E-state index >= 15 is 0 Å². The molecule has 0 radical (unpaired) electrons. The first-order chi connectivity index (χ1) is 6.93. The summed E-state index contributed by atoms with van der Waals surface area (Å²) in [5.74, 6) is 0.129. The van der Waals surface area contributed by atoms with Crippen molar-refractivity contribution in [3.05, 3.63) is 34.3 Å². The van der Waals surface area contributed by atoms with Gasteiger partial charge in [-0.3, -0.25) is 9.79 Å². The molecule has 0 atom stereocenters. The molecule has 0 amide bonds. The second-order valence-corrected chi connectivity index (χ2v) is 4.59. The molecule has 0 saturated heterocycles. The maximum atomic E-state index is 12.0.